The second-order valence-electron chi connectivity index (χ2n) is 3.34. The first kappa shape index (κ1) is 7.42. The summed E-state index contributed by atoms with van der Waals surface area (Å²) in [6, 6.07) is 0. The first-order valence-corrected chi connectivity index (χ1v) is 3.75. The lowest BCUT2D eigenvalue weighted by molar-refractivity contribution is 0.371. The molecule has 1 aliphatic rings. The summed E-state index contributed by atoms with van der Waals surface area (Å²) >= 11 is 0. The quantitative estimate of drug-likeness (QED) is 0.304. The van der Waals surface area contributed by atoms with E-state index in [9.17, 15) is 0 Å². The number of rotatable bonds is 1. The Kier molecular flexibility index (Phi) is 1.86. The summed E-state index contributed by atoms with van der Waals surface area (Å²) in [6.45, 7) is 4.20. The summed E-state index contributed by atoms with van der Waals surface area (Å²) < 4.78 is 0. The van der Waals surface area contributed by atoms with Crippen LogP contribution in [0.4, 0.5) is 0 Å². The Hall–Kier alpha value is -0.690. The number of hydrogen-bond donors (Lipinski definition) is 0. The van der Waals surface area contributed by atoms with Crippen molar-refractivity contribution in [1.82, 2.24) is 0 Å². The van der Waals surface area contributed by atoms with Crippen molar-refractivity contribution in [1.29, 1.82) is 0 Å². The lowest BCUT2D eigenvalue weighted by atomic mass is 9.92. The summed E-state index contributed by atoms with van der Waals surface area (Å²) in [5.74, 6) is 0.559. The second-order valence-corrected chi connectivity index (χ2v) is 3.34. The molecule has 0 aromatic rings. The molecule has 0 spiro atoms. The van der Waals surface area contributed by atoms with Crippen LogP contribution in [0.1, 0.15) is 33.1 Å². The smallest absolute Gasteiger partial charge is 0.0485 e. The zero-order valence-corrected chi connectivity index (χ0v) is 6.54. The monoisotopic (exact) mass is 139 g/mol. The van der Waals surface area contributed by atoms with E-state index in [0.717, 1.165) is 6.42 Å². The van der Waals surface area contributed by atoms with Crippen LogP contribution in [0.2, 0.25) is 0 Å². The van der Waals surface area contributed by atoms with Crippen molar-refractivity contribution in [3.63, 3.8) is 0 Å². The van der Waals surface area contributed by atoms with E-state index in [-0.39, 0.29) is 5.54 Å². The zero-order chi connectivity index (χ0) is 7.61. The predicted molar refractivity (Wildman–Crippen MR) is 40.6 cm³/mol. The van der Waals surface area contributed by atoms with Gasteiger partial charge >= 0.3 is 0 Å². The Balaban J connectivity index is 2.74. The van der Waals surface area contributed by atoms with Gasteiger partial charge < -0.3 is 0 Å². The molecule has 2 unspecified atom stereocenters. The number of azide groups is 1. The standard InChI is InChI=1S/C7H13N3/c1-6-4-3-5-7(6,2)9-10-8/h6H,3-5H2,1-2H3. The maximum atomic E-state index is 8.27. The van der Waals surface area contributed by atoms with Gasteiger partial charge in [0.25, 0.3) is 0 Å². The average Bonchev–Trinajstić information content (AvgIpc) is 2.15. The van der Waals surface area contributed by atoms with Gasteiger partial charge in [-0.25, -0.2) is 0 Å². The molecule has 0 bridgehead atoms. The molecule has 0 radical (unpaired) electrons. The van der Waals surface area contributed by atoms with Crippen molar-refractivity contribution in [2.75, 3.05) is 0 Å². The van der Waals surface area contributed by atoms with E-state index in [1.165, 1.54) is 12.8 Å². The molecule has 2 atom stereocenters. The van der Waals surface area contributed by atoms with Gasteiger partial charge in [0.05, 0.1) is 0 Å². The van der Waals surface area contributed by atoms with Gasteiger partial charge in [0, 0.05) is 10.5 Å². The molecule has 0 N–H and O–H groups in total. The van der Waals surface area contributed by atoms with Crippen LogP contribution in [0.15, 0.2) is 5.11 Å². The van der Waals surface area contributed by atoms with Crippen molar-refractivity contribution < 1.29 is 0 Å². The van der Waals surface area contributed by atoms with Crippen LogP contribution in [0.3, 0.4) is 0 Å². The highest BCUT2D eigenvalue weighted by molar-refractivity contribution is 4.93. The van der Waals surface area contributed by atoms with E-state index in [1.807, 2.05) is 6.92 Å². The SMILES string of the molecule is CC1CCCC1(C)N=[N+]=[N-]. The van der Waals surface area contributed by atoms with Crippen molar-refractivity contribution in [3.8, 4) is 0 Å². The van der Waals surface area contributed by atoms with Crippen molar-refractivity contribution in [3.05, 3.63) is 10.4 Å². The summed E-state index contributed by atoms with van der Waals surface area (Å²) in [7, 11) is 0. The maximum absolute atomic E-state index is 8.27. The molecule has 0 amide bonds. The second kappa shape index (κ2) is 2.51. The average molecular weight is 139 g/mol. The zero-order valence-electron chi connectivity index (χ0n) is 6.54. The summed E-state index contributed by atoms with van der Waals surface area (Å²) in [5.41, 5.74) is 8.18. The first-order valence-electron chi connectivity index (χ1n) is 3.75. The molecule has 3 heteroatoms. The minimum absolute atomic E-state index is 0.0885. The van der Waals surface area contributed by atoms with E-state index >= 15 is 0 Å². The first-order chi connectivity index (χ1) is 4.69. The highest BCUT2D eigenvalue weighted by atomic mass is 15.2. The Morgan fingerprint density at radius 3 is 2.80 bits per heavy atom. The van der Waals surface area contributed by atoms with Gasteiger partial charge in [-0.1, -0.05) is 31.8 Å². The number of nitrogens with zero attached hydrogens (tertiary/aromatic N) is 3. The van der Waals surface area contributed by atoms with Gasteiger partial charge in [0.15, 0.2) is 0 Å². The Morgan fingerprint density at radius 1 is 1.70 bits per heavy atom. The molecule has 1 fully saturated rings. The van der Waals surface area contributed by atoms with E-state index in [2.05, 4.69) is 16.9 Å². The molecule has 10 heavy (non-hydrogen) atoms. The lowest BCUT2D eigenvalue weighted by Gasteiger charge is -2.21. The maximum Gasteiger partial charge on any atom is 0.0485 e. The van der Waals surface area contributed by atoms with Gasteiger partial charge in [0.2, 0.25) is 0 Å². The summed E-state index contributed by atoms with van der Waals surface area (Å²) in [4.78, 5) is 2.86. The fraction of sp³-hybridized carbons (Fsp3) is 1.00. The van der Waals surface area contributed by atoms with Gasteiger partial charge in [-0.15, -0.1) is 0 Å². The Morgan fingerprint density at radius 2 is 2.40 bits per heavy atom. The Labute approximate surface area is 61.1 Å². The van der Waals surface area contributed by atoms with Gasteiger partial charge in [-0.2, -0.15) is 0 Å². The van der Waals surface area contributed by atoms with Crippen LogP contribution in [0, 0.1) is 5.92 Å². The van der Waals surface area contributed by atoms with Gasteiger partial charge in [-0.05, 0) is 17.9 Å². The van der Waals surface area contributed by atoms with Crippen LogP contribution in [-0.2, 0) is 0 Å². The van der Waals surface area contributed by atoms with Gasteiger partial charge in [0.1, 0.15) is 0 Å². The molecule has 56 valence electrons. The minimum Gasteiger partial charge on any atom is -0.0873 e. The van der Waals surface area contributed by atoms with Crippen LogP contribution in [0.5, 0.6) is 0 Å². The molecular formula is C7H13N3. The largest absolute Gasteiger partial charge is 0.0873 e. The molecule has 0 aliphatic heterocycles. The lowest BCUT2D eigenvalue weighted by Crippen LogP contribution is -2.23. The van der Waals surface area contributed by atoms with E-state index < -0.39 is 0 Å². The molecule has 0 aromatic carbocycles. The third kappa shape index (κ3) is 1.09. The normalized spacial score (nSPS) is 39.2. The molecule has 0 saturated heterocycles. The molecule has 1 saturated carbocycles. The Bertz CT molecular complexity index is 172. The van der Waals surface area contributed by atoms with Crippen LogP contribution in [0.25, 0.3) is 10.4 Å². The third-order valence-electron chi connectivity index (χ3n) is 2.65. The highest BCUT2D eigenvalue weighted by Gasteiger charge is 2.34. The molecular weight excluding hydrogens is 126 g/mol. The van der Waals surface area contributed by atoms with E-state index in [0.29, 0.717) is 5.92 Å². The molecule has 0 aromatic heterocycles. The van der Waals surface area contributed by atoms with Crippen LogP contribution in [-0.4, -0.2) is 5.54 Å². The molecule has 1 aliphatic carbocycles. The van der Waals surface area contributed by atoms with Crippen molar-refractivity contribution in [2.24, 2.45) is 11.0 Å². The van der Waals surface area contributed by atoms with Crippen LogP contribution < -0.4 is 0 Å². The molecule has 3 nitrogen and oxygen atoms in total. The molecule has 1 rings (SSSR count). The van der Waals surface area contributed by atoms with Crippen molar-refractivity contribution >= 4 is 0 Å². The predicted octanol–water partition coefficient (Wildman–Crippen LogP) is 2.88. The van der Waals surface area contributed by atoms with Crippen molar-refractivity contribution in [2.45, 2.75) is 38.6 Å². The highest BCUT2D eigenvalue weighted by Crippen LogP contribution is 2.38. The fourth-order valence-electron chi connectivity index (χ4n) is 1.57. The van der Waals surface area contributed by atoms with Gasteiger partial charge in [-0.3, -0.25) is 0 Å². The number of hydrogen-bond acceptors (Lipinski definition) is 1. The van der Waals surface area contributed by atoms with E-state index in [1.54, 1.807) is 0 Å². The van der Waals surface area contributed by atoms with Crippen LogP contribution >= 0.6 is 0 Å². The summed E-state index contributed by atoms with van der Waals surface area (Å²) in [5, 5.41) is 3.82. The minimum atomic E-state index is -0.0885. The molecule has 0 heterocycles. The fourth-order valence-corrected chi connectivity index (χ4v) is 1.57. The third-order valence-corrected chi connectivity index (χ3v) is 2.65. The summed E-state index contributed by atoms with van der Waals surface area (Å²) in [6.07, 6.45) is 3.46. The topological polar surface area (TPSA) is 48.8 Å². The van der Waals surface area contributed by atoms with E-state index in [4.69, 9.17) is 5.53 Å².